The third kappa shape index (κ3) is 6.34. The van der Waals surface area contributed by atoms with Crippen molar-refractivity contribution in [1.82, 2.24) is 20.2 Å². The van der Waals surface area contributed by atoms with E-state index >= 15 is 0 Å². The molecule has 2 atom stereocenters. The second-order valence-corrected chi connectivity index (χ2v) is 8.73. The van der Waals surface area contributed by atoms with Gasteiger partial charge < -0.3 is 20.3 Å². The Balaban J connectivity index is 1.89. The van der Waals surface area contributed by atoms with Crippen molar-refractivity contribution in [2.75, 3.05) is 32.6 Å². The number of piperidine rings is 1. The number of aromatic nitrogens is 2. The first-order chi connectivity index (χ1) is 17.8. The van der Waals surface area contributed by atoms with Crippen molar-refractivity contribution >= 4 is 23.1 Å². The van der Waals surface area contributed by atoms with Gasteiger partial charge in [-0.25, -0.2) is 18.2 Å². The van der Waals surface area contributed by atoms with Gasteiger partial charge in [0, 0.05) is 43.5 Å². The summed E-state index contributed by atoms with van der Waals surface area (Å²) in [6, 6.07) is 4.49. The molecule has 1 saturated heterocycles. The van der Waals surface area contributed by atoms with Gasteiger partial charge >= 0.3 is 6.18 Å². The maximum absolute atomic E-state index is 14.5. The fourth-order valence-electron chi connectivity index (χ4n) is 4.24. The molecule has 1 unspecified atom stereocenters. The number of nitrogens with one attached hydrogen (secondary N) is 3. The normalized spacial score (nSPS) is 19.6. The van der Waals surface area contributed by atoms with E-state index in [0.717, 1.165) is 18.1 Å². The maximum atomic E-state index is 14.5. The van der Waals surface area contributed by atoms with Crippen molar-refractivity contribution in [3.05, 3.63) is 53.6 Å². The van der Waals surface area contributed by atoms with E-state index in [9.17, 15) is 31.1 Å². The molecule has 0 aliphatic carbocycles. The summed E-state index contributed by atoms with van der Waals surface area (Å²) in [7, 11) is 2.48. The van der Waals surface area contributed by atoms with Gasteiger partial charge in [-0.05, 0) is 12.0 Å². The highest BCUT2D eigenvalue weighted by Gasteiger charge is 2.47. The van der Waals surface area contributed by atoms with Gasteiger partial charge in [0.15, 0.2) is 0 Å². The number of methoxy groups -OCH3 is 1. The molecule has 0 bridgehead atoms. The van der Waals surface area contributed by atoms with Crippen molar-refractivity contribution in [3.63, 3.8) is 0 Å². The fourth-order valence-corrected chi connectivity index (χ4v) is 4.24. The van der Waals surface area contributed by atoms with Crippen LogP contribution in [0.3, 0.4) is 0 Å². The van der Waals surface area contributed by atoms with E-state index in [0.29, 0.717) is 6.20 Å². The zero-order valence-corrected chi connectivity index (χ0v) is 20.7. The first kappa shape index (κ1) is 28.7. The summed E-state index contributed by atoms with van der Waals surface area (Å²) in [6.45, 7) is 0.264. The Labute approximate surface area is 214 Å². The fraction of sp³-hybridized carbons (Fsp3) is 0.417. The molecule has 14 heteroatoms. The highest BCUT2D eigenvalue weighted by molar-refractivity contribution is 6.54. The van der Waals surface area contributed by atoms with Crippen LogP contribution in [0.4, 0.5) is 32.3 Å². The first-order valence-electron chi connectivity index (χ1n) is 11.4. The average Bonchev–Trinajstić information content (AvgIpc) is 2.84. The van der Waals surface area contributed by atoms with Gasteiger partial charge in [-0.3, -0.25) is 10.2 Å². The highest BCUT2D eigenvalue weighted by Crippen LogP contribution is 2.36. The summed E-state index contributed by atoms with van der Waals surface area (Å²) in [4.78, 5) is 21.5. The second-order valence-electron chi connectivity index (χ2n) is 8.73. The summed E-state index contributed by atoms with van der Waals surface area (Å²) in [6.07, 6.45) is -3.58. The van der Waals surface area contributed by atoms with Gasteiger partial charge in [-0.1, -0.05) is 25.1 Å². The van der Waals surface area contributed by atoms with E-state index in [4.69, 9.17) is 10.1 Å². The third-order valence-electron chi connectivity index (χ3n) is 6.00. The lowest BCUT2D eigenvalue weighted by atomic mass is 9.87. The molecule has 206 valence electrons. The molecule has 1 fully saturated rings. The Bertz CT molecular complexity index is 1220. The Morgan fingerprint density at radius 1 is 1.32 bits per heavy atom. The minimum atomic E-state index is -4.76. The van der Waals surface area contributed by atoms with E-state index in [1.807, 2.05) is 0 Å². The number of carbonyl (C=O) groups is 1. The van der Waals surface area contributed by atoms with E-state index in [1.54, 1.807) is 0 Å². The lowest BCUT2D eigenvalue weighted by molar-refractivity contribution is -0.145. The molecule has 8 nitrogen and oxygen atoms in total. The number of nitrogens with zero attached hydrogens (tertiary/aromatic N) is 3. The molecule has 1 amide bonds. The number of hydrogen-bond acceptors (Lipinski definition) is 7. The molecule has 38 heavy (non-hydrogen) atoms. The summed E-state index contributed by atoms with van der Waals surface area (Å²) < 4.78 is 87.5. The van der Waals surface area contributed by atoms with Crippen LogP contribution in [0.25, 0.3) is 5.57 Å². The molecule has 1 aromatic carbocycles. The van der Waals surface area contributed by atoms with Crippen LogP contribution < -0.4 is 15.4 Å². The van der Waals surface area contributed by atoms with Crippen LogP contribution in [0.15, 0.2) is 36.7 Å². The minimum absolute atomic E-state index is 0.0723. The quantitative estimate of drug-likeness (QED) is 0.340. The van der Waals surface area contributed by atoms with Crippen molar-refractivity contribution < 1.29 is 35.9 Å². The van der Waals surface area contributed by atoms with Gasteiger partial charge in [0.1, 0.15) is 17.1 Å². The van der Waals surface area contributed by atoms with Crippen molar-refractivity contribution in [1.29, 1.82) is 5.41 Å². The number of likely N-dealkylation sites (tertiary alicyclic amines) is 1. The molecule has 2 heterocycles. The molecule has 3 rings (SSSR count). The number of anilines is 1. The number of halogens is 6. The monoisotopic (exact) mass is 544 g/mol. The summed E-state index contributed by atoms with van der Waals surface area (Å²) in [5.74, 6) is -6.84. The van der Waals surface area contributed by atoms with Gasteiger partial charge in [-0.2, -0.15) is 18.2 Å². The highest BCUT2D eigenvalue weighted by atomic mass is 19.4. The lowest BCUT2D eigenvalue weighted by Gasteiger charge is -2.43. The molecule has 1 aliphatic heterocycles. The predicted molar refractivity (Wildman–Crippen MR) is 127 cm³/mol. The molecule has 2 aromatic rings. The average molecular weight is 545 g/mol. The molecular weight excluding hydrogens is 518 g/mol. The summed E-state index contributed by atoms with van der Waals surface area (Å²) >= 11 is 0. The van der Waals surface area contributed by atoms with Gasteiger partial charge in [0.25, 0.3) is 11.8 Å². The van der Waals surface area contributed by atoms with E-state index in [1.165, 1.54) is 38.4 Å². The number of hydrogen-bond donors (Lipinski definition) is 3. The van der Waals surface area contributed by atoms with Crippen LogP contribution in [-0.2, 0) is 11.0 Å². The predicted octanol–water partition coefficient (Wildman–Crippen LogP) is 4.21. The van der Waals surface area contributed by atoms with Crippen LogP contribution in [0.5, 0.6) is 5.88 Å². The van der Waals surface area contributed by atoms with E-state index < -0.39 is 65.9 Å². The van der Waals surface area contributed by atoms with Crippen LogP contribution >= 0.6 is 0 Å². The number of amides is 1. The Morgan fingerprint density at radius 2 is 2.00 bits per heavy atom. The second kappa shape index (κ2) is 11.3. The van der Waals surface area contributed by atoms with Crippen molar-refractivity contribution in [2.45, 2.75) is 31.5 Å². The van der Waals surface area contributed by atoms with Crippen LogP contribution in [0.1, 0.15) is 24.5 Å². The van der Waals surface area contributed by atoms with Crippen LogP contribution in [-0.4, -0.2) is 65.7 Å². The minimum Gasteiger partial charge on any atom is -0.480 e. The topological polar surface area (TPSA) is 103 Å². The zero-order valence-electron chi connectivity index (χ0n) is 20.7. The molecular formula is C24H26F6N6O2. The molecule has 0 spiro atoms. The molecule has 1 aliphatic rings. The molecule has 0 radical (unpaired) electrons. The Morgan fingerprint density at radius 3 is 2.61 bits per heavy atom. The molecule has 0 saturated carbocycles. The third-order valence-corrected chi connectivity index (χ3v) is 6.00. The number of carbonyl (C=O) groups excluding carboxylic acids is 1. The first-order valence-corrected chi connectivity index (χ1v) is 11.4. The van der Waals surface area contributed by atoms with Gasteiger partial charge in [-0.15, -0.1) is 0 Å². The zero-order chi connectivity index (χ0) is 28.3. The van der Waals surface area contributed by atoms with Gasteiger partial charge in [0.2, 0.25) is 11.8 Å². The number of ether oxygens (including phenoxy) is 1. The van der Waals surface area contributed by atoms with E-state index in [2.05, 4.69) is 20.6 Å². The SMILES string of the molecule is CN/C=C(\C(=N)C(=O)N1CC(F)(F)C[C@@H](C)C1CNc1ncc(C(F)(F)F)c(OC)n1)c1ccccc1F. The van der Waals surface area contributed by atoms with Gasteiger partial charge in [0.05, 0.1) is 19.7 Å². The molecule has 3 N–H and O–H groups in total. The Hall–Kier alpha value is -3.84. The Kier molecular flexibility index (Phi) is 8.52. The van der Waals surface area contributed by atoms with Crippen LogP contribution in [0, 0.1) is 17.1 Å². The molecule has 1 aromatic heterocycles. The summed E-state index contributed by atoms with van der Waals surface area (Å²) in [5, 5.41) is 13.8. The number of rotatable bonds is 8. The smallest absolute Gasteiger partial charge is 0.423 e. The van der Waals surface area contributed by atoms with Crippen LogP contribution in [0.2, 0.25) is 0 Å². The summed E-state index contributed by atoms with van der Waals surface area (Å²) in [5.41, 5.74) is -2.12. The lowest BCUT2D eigenvalue weighted by Crippen LogP contribution is -2.59. The van der Waals surface area contributed by atoms with Crippen molar-refractivity contribution in [2.24, 2.45) is 5.92 Å². The largest absolute Gasteiger partial charge is 0.480 e. The standard InChI is InChI=1S/C24H26F6N6O2/c1-13-8-23(26,27)12-36(21(37)19(31)15(9-32-2)14-6-4-5-7-17(14)25)18(13)11-34-22-33-10-16(24(28,29)30)20(35-22)38-3/h4-7,9-10,13,18,31-32H,8,11-12H2,1-3H3,(H,33,34,35)/b15-9-,31-19?/t13-,18?/m1/s1. The van der Waals surface area contributed by atoms with Crippen molar-refractivity contribution in [3.8, 4) is 5.88 Å². The van der Waals surface area contributed by atoms with E-state index in [-0.39, 0.29) is 23.6 Å². The maximum Gasteiger partial charge on any atom is 0.423 e. The number of benzene rings is 1. The number of alkyl halides is 5.